The fourth-order valence-electron chi connectivity index (χ4n) is 2.44. The first-order chi connectivity index (χ1) is 10.8. The van der Waals surface area contributed by atoms with Crippen molar-refractivity contribution in [2.75, 3.05) is 19.8 Å². The Morgan fingerprint density at radius 1 is 1.26 bits per heavy atom. The maximum Gasteiger partial charge on any atom is 0.280 e. The van der Waals surface area contributed by atoms with Crippen LogP contribution in [-0.2, 0) is 16.9 Å². The monoisotopic (exact) mass is 334 g/mol. The second-order valence-corrected chi connectivity index (χ2v) is 7.36. The minimum Gasteiger partial charge on any atom is -0.382 e. The van der Waals surface area contributed by atoms with E-state index >= 15 is 0 Å². The minimum absolute atomic E-state index is 0.0658. The number of aryl methyl sites for hydroxylation is 1. The van der Waals surface area contributed by atoms with Gasteiger partial charge in [0.05, 0.1) is 17.7 Å². The van der Waals surface area contributed by atoms with Crippen molar-refractivity contribution < 1.29 is 8.42 Å². The number of benzene rings is 1. The number of hydrogen-bond donors (Lipinski definition) is 2. The molecule has 0 amide bonds. The van der Waals surface area contributed by atoms with Gasteiger partial charge in [-0.2, -0.15) is 17.4 Å². The molecule has 2 heterocycles. The lowest BCUT2D eigenvalue weighted by Gasteiger charge is -2.14. The van der Waals surface area contributed by atoms with Crippen LogP contribution in [0.2, 0.25) is 0 Å². The summed E-state index contributed by atoms with van der Waals surface area (Å²) in [6, 6.07) is 7.56. The Labute approximate surface area is 134 Å². The molecule has 0 saturated heterocycles. The number of aromatic nitrogens is 3. The Bertz CT molecular complexity index is 993. The molecular formula is C14H18N6O2S. The van der Waals surface area contributed by atoms with E-state index in [0.717, 1.165) is 20.7 Å². The molecule has 122 valence electrons. The summed E-state index contributed by atoms with van der Waals surface area (Å²) in [7, 11) is -0.594. The molecule has 0 spiro atoms. The van der Waals surface area contributed by atoms with Crippen molar-refractivity contribution in [1.82, 2.24) is 23.6 Å². The summed E-state index contributed by atoms with van der Waals surface area (Å²) in [5.41, 5.74) is 8.09. The van der Waals surface area contributed by atoms with E-state index in [1.54, 1.807) is 11.5 Å². The Morgan fingerprint density at radius 2 is 1.96 bits per heavy atom. The smallest absolute Gasteiger partial charge is 0.280 e. The number of nitrogens with one attached hydrogen (secondary N) is 1. The summed E-state index contributed by atoms with van der Waals surface area (Å²) < 4.78 is 29.3. The average molecular weight is 334 g/mol. The molecule has 9 heteroatoms. The van der Waals surface area contributed by atoms with Gasteiger partial charge in [0.15, 0.2) is 5.82 Å². The molecule has 8 nitrogen and oxygen atoms in total. The second-order valence-electron chi connectivity index (χ2n) is 5.39. The van der Waals surface area contributed by atoms with Crippen LogP contribution in [-0.4, -0.2) is 41.4 Å². The maximum atomic E-state index is 11.9. The normalized spacial score (nSPS) is 12.5. The number of pyridine rings is 1. The molecule has 0 aliphatic rings. The average Bonchev–Trinajstić information content (AvgIpc) is 2.83. The molecule has 3 rings (SSSR count). The van der Waals surface area contributed by atoms with E-state index in [-0.39, 0.29) is 6.67 Å². The van der Waals surface area contributed by atoms with E-state index < -0.39 is 10.2 Å². The number of nitrogens with zero attached hydrogens (tertiary/aromatic N) is 4. The number of nitrogen functional groups attached to an aromatic ring is 1. The van der Waals surface area contributed by atoms with Crippen LogP contribution in [0, 0.1) is 6.92 Å². The zero-order chi connectivity index (χ0) is 16.8. The molecule has 0 saturated carbocycles. The van der Waals surface area contributed by atoms with Crippen molar-refractivity contribution in [2.45, 2.75) is 13.6 Å². The van der Waals surface area contributed by atoms with Crippen LogP contribution in [0.5, 0.6) is 0 Å². The number of hydrogen-bond acceptors (Lipinski definition) is 5. The number of imidazole rings is 1. The van der Waals surface area contributed by atoms with Gasteiger partial charge in [0, 0.05) is 19.5 Å². The van der Waals surface area contributed by atoms with Gasteiger partial charge in [-0.25, -0.2) is 9.97 Å². The summed E-state index contributed by atoms with van der Waals surface area (Å²) in [6.07, 6.45) is 0. The van der Waals surface area contributed by atoms with Crippen molar-refractivity contribution in [2.24, 2.45) is 0 Å². The van der Waals surface area contributed by atoms with E-state index in [1.165, 1.54) is 14.1 Å². The molecule has 0 bridgehead atoms. The third kappa shape index (κ3) is 2.62. The standard InChI is InChI=1S/C14H18N6O2S/c1-9-17-12-13(20(9)8-16-23(21,22)19(2)3)10-6-4-5-7-11(10)18-14(12)15/h4-7,16H,8H2,1-3H3,(H2,15,18). The molecule has 1 aromatic carbocycles. The van der Waals surface area contributed by atoms with Gasteiger partial charge in [0.1, 0.15) is 11.3 Å². The van der Waals surface area contributed by atoms with Crippen LogP contribution in [0.15, 0.2) is 24.3 Å². The molecule has 3 aromatic rings. The van der Waals surface area contributed by atoms with Crippen LogP contribution < -0.4 is 10.5 Å². The molecular weight excluding hydrogens is 316 g/mol. The molecule has 0 fully saturated rings. The van der Waals surface area contributed by atoms with E-state index in [0.29, 0.717) is 17.2 Å². The minimum atomic E-state index is -3.54. The lowest BCUT2D eigenvalue weighted by Crippen LogP contribution is -2.36. The highest BCUT2D eigenvalue weighted by Crippen LogP contribution is 2.28. The van der Waals surface area contributed by atoms with Crippen molar-refractivity contribution in [1.29, 1.82) is 0 Å². The van der Waals surface area contributed by atoms with Crippen LogP contribution >= 0.6 is 0 Å². The first-order valence-corrected chi connectivity index (χ1v) is 8.43. The van der Waals surface area contributed by atoms with Gasteiger partial charge >= 0.3 is 0 Å². The fraction of sp³-hybridized carbons (Fsp3) is 0.286. The van der Waals surface area contributed by atoms with Crippen LogP contribution in [0.1, 0.15) is 5.82 Å². The number of para-hydroxylation sites is 1. The summed E-state index contributed by atoms with van der Waals surface area (Å²) >= 11 is 0. The van der Waals surface area contributed by atoms with E-state index in [9.17, 15) is 8.42 Å². The molecule has 0 unspecified atom stereocenters. The Morgan fingerprint density at radius 3 is 2.65 bits per heavy atom. The third-order valence-corrected chi connectivity index (χ3v) is 5.14. The first kappa shape index (κ1) is 15.7. The number of fused-ring (bicyclic) bond motifs is 3. The fourth-order valence-corrected chi connectivity index (χ4v) is 2.99. The van der Waals surface area contributed by atoms with Gasteiger partial charge in [0.2, 0.25) is 0 Å². The predicted molar refractivity (Wildman–Crippen MR) is 89.9 cm³/mol. The van der Waals surface area contributed by atoms with Gasteiger partial charge < -0.3 is 10.3 Å². The zero-order valence-electron chi connectivity index (χ0n) is 13.1. The highest BCUT2D eigenvalue weighted by molar-refractivity contribution is 7.87. The van der Waals surface area contributed by atoms with Crippen molar-refractivity contribution in [3.05, 3.63) is 30.1 Å². The number of anilines is 1. The molecule has 0 aliphatic heterocycles. The molecule has 0 aliphatic carbocycles. The molecule has 0 radical (unpaired) electrons. The van der Waals surface area contributed by atoms with Crippen molar-refractivity contribution >= 4 is 38.0 Å². The predicted octanol–water partition coefficient (Wildman–Crippen LogP) is 0.829. The molecule has 3 N–H and O–H groups in total. The highest BCUT2D eigenvalue weighted by Gasteiger charge is 2.18. The molecule has 23 heavy (non-hydrogen) atoms. The van der Waals surface area contributed by atoms with Gasteiger partial charge in [0.25, 0.3) is 10.2 Å². The van der Waals surface area contributed by atoms with Gasteiger partial charge in [-0.3, -0.25) is 0 Å². The quantitative estimate of drug-likeness (QED) is 0.735. The largest absolute Gasteiger partial charge is 0.382 e. The summed E-state index contributed by atoms with van der Waals surface area (Å²) in [6.45, 7) is 1.87. The lowest BCUT2D eigenvalue weighted by molar-refractivity contribution is 0.493. The number of nitrogens with two attached hydrogens (primary N) is 1. The van der Waals surface area contributed by atoms with Gasteiger partial charge in [-0.1, -0.05) is 18.2 Å². The van der Waals surface area contributed by atoms with Crippen LogP contribution in [0.3, 0.4) is 0 Å². The first-order valence-electron chi connectivity index (χ1n) is 6.99. The SMILES string of the molecule is Cc1nc2c(N)nc3ccccc3c2n1CNS(=O)(=O)N(C)C. The van der Waals surface area contributed by atoms with Crippen LogP contribution in [0.25, 0.3) is 21.9 Å². The number of rotatable bonds is 4. The molecule has 2 aromatic heterocycles. The topological polar surface area (TPSA) is 106 Å². The second kappa shape index (κ2) is 5.44. The third-order valence-electron chi connectivity index (χ3n) is 3.69. The van der Waals surface area contributed by atoms with E-state index in [2.05, 4.69) is 14.7 Å². The van der Waals surface area contributed by atoms with E-state index in [4.69, 9.17) is 5.73 Å². The van der Waals surface area contributed by atoms with E-state index in [1.807, 2.05) is 24.3 Å². The Kier molecular flexibility index (Phi) is 3.71. The van der Waals surface area contributed by atoms with Crippen LogP contribution in [0.4, 0.5) is 5.82 Å². The van der Waals surface area contributed by atoms with Crippen molar-refractivity contribution in [3.63, 3.8) is 0 Å². The van der Waals surface area contributed by atoms with Gasteiger partial charge in [-0.05, 0) is 13.0 Å². The molecule has 0 atom stereocenters. The Balaban J connectivity index is 2.19. The van der Waals surface area contributed by atoms with Crippen molar-refractivity contribution in [3.8, 4) is 0 Å². The zero-order valence-corrected chi connectivity index (χ0v) is 13.9. The lowest BCUT2D eigenvalue weighted by atomic mass is 10.2. The highest BCUT2D eigenvalue weighted by atomic mass is 32.2. The summed E-state index contributed by atoms with van der Waals surface area (Å²) in [4.78, 5) is 8.79. The van der Waals surface area contributed by atoms with Gasteiger partial charge in [-0.15, -0.1) is 0 Å². The summed E-state index contributed by atoms with van der Waals surface area (Å²) in [5.74, 6) is 0.988. The summed E-state index contributed by atoms with van der Waals surface area (Å²) in [5, 5.41) is 0.876. The maximum absolute atomic E-state index is 11.9. The Hall–Kier alpha value is -2.23.